The van der Waals surface area contributed by atoms with Crippen molar-refractivity contribution in [3.8, 4) is 0 Å². The van der Waals surface area contributed by atoms with Crippen LogP contribution in [0.1, 0.15) is 19.3 Å². The summed E-state index contributed by atoms with van der Waals surface area (Å²) in [4.78, 5) is 19.8. The van der Waals surface area contributed by atoms with Crippen LogP contribution in [-0.4, -0.2) is 29.7 Å². The normalized spacial score (nSPS) is 9.18. The van der Waals surface area contributed by atoms with E-state index in [1.165, 1.54) is 5.01 Å². The van der Waals surface area contributed by atoms with Gasteiger partial charge in [0.05, 0.1) is 5.29 Å². The Morgan fingerprint density at radius 1 is 1.55 bits per heavy atom. The first-order valence-corrected chi connectivity index (χ1v) is 3.43. The summed E-state index contributed by atoms with van der Waals surface area (Å²) in [6, 6.07) is 0. The Kier molecular flexibility index (Phi) is 5.06. The number of nitrogens with zero attached hydrogens (tertiary/aromatic N) is 2. The van der Waals surface area contributed by atoms with Gasteiger partial charge in [-0.3, -0.25) is 9.80 Å². The minimum atomic E-state index is -0.799. The second kappa shape index (κ2) is 5.64. The van der Waals surface area contributed by atoms with Crippen molar-refractivity contribution in [3.05, 3.63) is 4.91 Å². The van der Waals surface area contributed by atoms with Crippen molar-refractivity contribution in [2.24, 2.45) is 5.29 Å². The molecule has 0 atom stereocenters. The first-order valence-electron chi connectivity index (χ1n) is 3.43. The lowest BCUT2D eigenvalue weighted by Gasteiger charge is -2.05. The zero-order valence-corrected chi connectivity index (χ0v) is 6.49. The Bertz CT molecular complexity index is 138. The molecule has 0 saturated heterocycles. The van der Waals surface area contributed by atoms with Gasteiger partial charge in [-0.05, 0) is 12.8 Å². The third-order valence-corrected chi connectivity index (χ3v) is 1.26. The highest BCUT2D eigenvalue weighted by molar-refractivity contribution is 5.66. The molecule has 11 heavy (non-hydrogen) atoms. The summed E-state index contributed by atoms with van der Waals surface area (Å²) in [6.45, 7) is 0.525. The molecule has 0 spiro atoms. The molecule has 0 aromatic carbocycles. The van der Waals surface area contributed by atoms with E-state index in [9.17, 15) is 9.70 Å². The van der Waals surface area contributed by atoms with Crippen LogP contribution in [0, 0.1) is 4.91 Å². The number of hydrogen-bond donors (Lipinski definition) is 1. The maximum absolute atomic E-state index is 10.0. The lowest BCUT2D eigenvalue weighted by molar-refractivity contribution is -0.137. The van der Waals surface area contributed by atoms with Gasteiger partial charge in [0, 0.05) is 20.0 Å². The van der Waals surface area contributed by atoms with Gasteiger partial charge in [-0.1, -0.05) is 0 Å². The summed E-state index contributed by atoms with van der Waals surface area (Å²) in [7, 11) is 1.56. The molecular weight excluding hydrogens is 148 g/mol. The number of carbonyl (C=O) groups is 1. The fourth-order valence-corrected chi connectivity index (χ4v) is 0.658. The number of carboxylic acids is 1. The largest absolute Gasteiger partial charge is 0.481 e. The van der Waals surface area contributed by atoms with Gasteiger partial charge in [0.15, 0.2) is 0 Å². The predicted octanol–water partition coefficient (Wildman–Crippen LogP) is 0.855. The lowest BCUT2D eigenvalue weighted by atomic mass is 10.2. The van der Waals surface area contributed by atoms with Gasteiger partial charge in [0.1, 0.15) is 0 Å². The summed E-state index contributed by atoms with van der Waals surface area (Å²) in [5, 5.41) is 12.1. The number of carboxylic acid groups (broad SMARTS) is 1. The number of nitroso groups, excluding NO2 is 1. The zero-order chi connectivity index (χ0) is 8.69. The van der Waals surface area contributed by atoms with Gasteiger partial charge >= 0.3 is 5.97 Å². The van der Waals surface area contributed by atoms with Gasteiger partial charge in [-0.2, -0.15) is 0 Å². The number of hydrogen-bond acceptors (Lipinski definition) is 3. The Labute approximate surface area is 64.9 Å². The quantitative estimate of drug-likeness (QED) is 0.355. The van der Waals surface area contributed by atoms with E-state index in [0.29, 0.717) is 19.4 Å². The van der Waals surface area contributed by atoms with E-state index in [0.717, 1.165) is 0 Å². The van der Waals surface area contributed by atoms with Gasteiger partial charge in [-0.25, -0.2) is 0 Å². The van der Waals surface area contributed by atoms with Crippen molar-refractivity contribution in [2.75, 3.05) is 13.6 Å². The van der Waals surface area contributed by atoms with Gasteiger partial charge < -0.3 is 5.11 Å². The highest BCUT2D eigenvalue weighted by atomic mass is 16.4. The monoisotopic (exact) mass is 160 g/mol. The molecule has 1 N–H and O–H groups in total. The zero-order valence-electron chi connectivity index (χ0n) is 6.49. The smallest absolute Gasteiger partial charge is 0.303 e. The number of unbranched alkanes of at least 4 members (excludes halogenated alkanes) is 1. The summed E-state index contributed by atoms with van der Waals surface area (Å²) in [5.74, 6) is -0.799. The molecule has 0 saturated carbocycles. The van der Waals surface area contributed by atoms with Crippen molar-refractivity contribution >= 4 is 5.97 Å². The topological polar surface area (TPSA) is 70.0 Å². The van der Waals surface area contributed by atoms with Crippen LogP contribution in [0.4, 0.5) is 0 Å². The molecule has 0 bridgehead atoms. The molecule has 0 aromatic heterocycles. The Morgan fingerprint density at radius 2 is 2.18 bits per heavy atom. The van der Waals surface area contributed by atoms with E-state index in [4.69, 9.17) is 5.11 Å². The molecule has 0 aliphatic heterocycles. The van der Waals surface area contributed by atoms with E-state index in [-0.39, 0.29) is 6.42 Å². The maximum atomic E-state index is 10.0. The highest BCUT2D eigenvalue weighted by Crippen LogP contribution is 1.96. The second-order valence-electron chi connectivity index (χ2n) is 2.31. The molecule has 0 amide bonds. The molecule has 0 aliphatic rings. The number of rotatable bonds is 6. The number of aliphatic carboxylic acids is 1. The molecular formula is C6H12N2O3. The average molecular weight is 160 g/mol. The standard InChI is InChI=1S/C6H12N2O3/c1-8(7-11)5-3-2-4-6(9)10/h2-5H2,1H3,(H,9,10). The minimum absolute atomic E-state index is 0.159. The van der Waals surface area contributed by atoms with E-state index >= 15 is 0 Å². The first kappa shape index (κ1) is 9.87. The average Bonchev–Trinajstić information content (AvgIpc) is 1.97. The van der Waals surface area contributed by atoms with Crippen molar-refractivity contribution in [1.29, 1.82) is 0 Å². The third-order valence-electron chi connectivity index (χ3n) is 1.26. The predicted molar refractivity (Wildman–Crippen MR) is 39.9 cm³/mol. The lowest BCUT2D eigenvalue weighted by Crippen LogP contribution is -2.11. The van der Waals surface area contributed by atoms with Gasteiger partial charge in [0.25, 0.3) is 0 Å². The molecule has 0 radical (unpaired) electrons. The van der Waals surface area contributed by atoms with Crippen LogP contribution in [-0.2, 0) is 4.79 Å². The van der Waals surface area contributed by atoms with E-state index in [2.05, 4.69) is 5.29 Å². The van der Waals surface area contributed by atoms with Crippen molar-refractivity contribution < 1.29 is 9.90 Å². The Hall–Kier alpha value is -1.13. The summed E-state index contributed by atoms with van der Waals surface area (Å²) in [5.41, 5.74) is 0. The van der Waals surface area contributed by atoms with Crippen molar-refractivity contribution in [2.45, 2.75) is 19.3 Å². The molecule has 5 nitrogen and oxygen atoms in total. The van der Waals surface area contributed by atoms with E-state index in [1.54, 1.807) is 7.05 Å². The van der Waals surface area contributed by atoms with Gasteiger partial charge in [-0.15, -0.1) is 4.91 Å². The summed E-state index contributed by atoms with van der Waals surface area (Å²) >= 11 is 0. The van der Waals surface area contributed by atoms with Crippen LogP contribution in [0.25, 0.3) is 0 Å². The van der Waals surface area contributed by atoms with Crippen molar-refractivity contribution in [1.82, 2.24) is 5.01 Å². The SMILES string of the molecule is CN(CCCCC(=O)O)N=O. The minimum Gasteiger partial charge on any atom is -0.481 e. The van der Waals surface area contributed by atoms with Crippen LogP contribution in [0.5, 0.6) is 0 Å². The Morgan fingerprint density at radius 3 is 2.64 bits per heavy atom. The molecule has 5 heteroatoms. The Balaban J connectivity index is 3.14. The second-order valence-corrected chi connectivity index (χ2v) is 2.31. The van der Waals surface area contributed by atoms with Crippen LogP contribution in [0.15, 0.2) is 5.29 Å². The van der Waals surface area contributed by atoms with Crippen LogP contribution < -0.4 is 0 Å². The molecule has 0 fully saturated rings. The molecule has 0 rings (SSSR count). The first-order chi connectivity index (χ1) is 5.16. The van der Waals surface area contributed by atoms with Crippen LogP contribution in [0.2, 0.25) is 0 Å². The van der Waals surface area contributed by atoms with Gasteiger partial charge in [0.2, 0.25) is 0 Å². The van der Waals surface area contributed by atoms with E-state index < -0.39 is 5.97 Å². The third kappa shape index (κ3) is 6.76. The fraction of sp³-hybridized carbons (Fsp3) is 0.833. The highest BCUT2D eigenvalue weighted by Gasteiger charge is 1.97. The molecule has 64 valence electrons. The van der Waals surface area contributed by atoms with Crippen LogP contribution >= 0.6 is 0 Å². The summed E-state index contributed by atoms with van der Waals surface area (Å²) < 4.78 is 0. The summed E-state index contributed by atoms with van der Waals surface area (Å²) in [6.07, 6.45) is 1.44. The molecule has 0 heterocycles. The van der Waals surface area contributed by atoms with Crippen LogP contribution in [0.3, 0.4) is 0 Å². The maximum Gasteiger partial charge on any atom is 0.303 e. The molecule has 0 aliphatic carbocycles. The van der Waals surface area contributed by atoms with E-state index in [1.807, 2.05) is 0 Å². The molecule has 0 unspecified atom stereocenters. The van der Waals surface area contributed by atoms with Crippen molar-refractivity contribution in [3.63, 3.8) is 0 Å². The fourth-order valence-electron chi connectivity index (χ4n) is 0.658. The molecule has 0 aromatic rings.